The maximum Gasteiger partial charge on any atom is 0.330 e. The Labute approximate surface area is 116 Å². The van der Waals surface area contributed by atoms with Crippen LogP contribution in [-0.2, 0) is 9.47 Å². The molecule has 0 radical (unpaired) electrons. The molecule has 3 atom stereocenters. The molecule has 0 unspecified atom stereocenters. The minimum Gasteiger partial charge on any atom is -0.499 e. The summed E-state index contributed by atoms with van der Waals surface area (Å²) in [6.07, 6.45) is -0.275. The second-order valence-corrected chi connectivity index (χ2v) is 4.88. The molecule has 0 aromatic carbocycles. The van der Waals surface area contributed by atoms with E-state index in [4.69, 9.17) is 9.47 Å². The zero-order chi connectivity index (χ0) is 14.0. The Morgan fingerprint density at radius 1 is 1.68 bits per heavy atom. The third-order valence-corrected chi connectivity index (χ3v) is 3.34. The van der Waals surface area contributed by atoms with Gasteiger partial charge >= 0.3 is 5.69 Å². The molecule has 2 heterocycles. The summed E-state index contributed by atoms with van der Waals surface area (Å²) >= 11 is 3.01. The van der Waals surface area contributed by atoms with Crippen molar-refractivity contribution in [3.05, 3.63) is 44.3 Å². The first-order valence-electron chi connectivity index (χ1n) is 5.56. The van der Waals surface area contributed by atoms with E-state index in [9.17, 15) is 14.0 Å². The van der Waals surface area contributed by atoms with Crippen LogP contribution in [0.25, 0.3) is 0 Å². The van der Waals surface area contributed by atoms with Gasteiger partial charge in [-0.2, -0.15) is 0 Å². The Balaban J connectivity index is 2.20. The van der Waals surface area contributed by atoms with Crippen molar-refractivity contribution in [1.82, 2.24) is 9.55 Å². The molecule has 0 aliphatic carbocycles. The monoisotopic (exact) mass is 334 g/mol. The third-order valence-electron chi connectivity index (χ3n) is 2.78. The molecule has 1 aromatic rings. The molecule has 8 heteroatoms. The number of alkyl halides is 1. The number of halogens is 2. The fourth-order valence-electron chi connectivity index (χ4n) is 1.85. The quantitative estimate of drug-likeness (QED) is 0.836. The van der Waals surface area contributed by atoms with E-state index < -0.39 is 29.8 Å². The highest BCUT2D eigenvalue weighted by atomic mass is 79.9. The molecular formula is C11H12BrFN2O4. The first-order valence-corrected chi connectivity index (χ1v) is 6.35. The largest absolute Gasteiger partial charge is 0.499 e. The minimum atomic E-state index is -1.25. The smallest absolute Gasteiger partial charge is 0.330 e. The molecule has 2 rings (SSSR count). The summed E-state index contributed by atoms with van der Waals surface area (Å²) in [4.78, 5) is 25.0. The Morgan fingerprint density at radius 2 is 2.42 bits per heavy atom. The van der Waals surface area contributed by atoms with E-state index in [2.05, 4.69) is 27.5 Å². The van der Waals surface area contributed by atoms with Gasteiger partial charge in [-0.1, -0.05) is 6.58 Å². The van der Waals surface area contributed by atoms with E-state index in [0.29, 0.717) is 0 Å². The summed E-state index contributed by atoms with van der Waals surface area (Å²) in [7, 11) is 0. The van der Waals surface area contributed by atoms with Gasteiger partial charge < -0.3 is 9.47 Å². The second-order valence-electron chi connectivity index (χ2n) is 4.02. The van der Waals surface area contributed by atoms with Gasteiger partial charge in [0.25, 0.3) is 5.56 Å². The predicted octanol–water partition coefficient (Wildman–Crippen LogP) is 1.08. The fourth-order valence-corrected chi connectivity index (χ4v) is 2.17. The number of ether oxygens (including phenoxy) is 2. The molecule has 0 bridgehead atoms. The van der Waals surface area contributed by atoms with Crippen LogP contribution in [0, 0.1) is 0 Å². The van der Waals surface area contributed by atoms with E-state index in [1.165, 1.54) is 12.5 Å². The summed E-state index contributed by atoms with van der Waals surface area (Å²) in [6.45, 7) is 3.39. The van der Waals surface area contributed by atoms with Crippen LogP contribution in [0.2, 0.25) is 0 Å². The van der Waals surface area contributed by atoms with Crippen molar-refractivity contribution in [2.24, 2.45) is 0 Å². The van der Waals surface area contributed by atoms with Gasteiger partial charge in [0.15, 0.2) is 0 Å². The number of nitrogens with one attached hydrogen (secondary N) is 1. The molecule has 1 aromatic heterocycles. The van der Waals surface area contributed by atoms with Gasteiger partial charge in [0.1, 0.15) is 25.1 Å². The highest BCUT2D eigenvalue weighted by Crippen LogP contribution is 2.30. The molecule has 0 amide bonds. The molecule has 0 saturated carbocycles. The zero-order valence-electron chi connectivity index (χ0n) is 9.84. The van der Waals surface area contributed by atoms with Crippen LogP contribution in [0.5, 0.6) is 0 Å². The minimum absolute atomic E-state index is 0.0174. The van der Waals surface area contributed by atoms with E-state index in [1.54, 1.807) is 0 Å². The Morgan fingerprint density at radius 3 is 3.11 bits per heavy atom. The Bertz CT molecular complexity index is 585. The van der Waals surface area contributed by atoms with E-state index in [1.807, 2.05) is 0 Å². The molecular weight excluding hydrogens is 323 g/mol. The van der Waals surface area contributed by atoms with Gasteiger partial charge in [0.2, 0.25) is 0 Å². The van der Waals surface area contributed by atoms with Crippen molar-refractivity contribution in [2.75, 3.05) is 6.61 Å². The highest BCUT2D eigenvalue weighted by Gasteiger charge is 2.37. The SMILES string of the molecule is C=COC[C@H]1O[C@@H](n2cc(Br)c(=O)[nH]c2=O)C[C@@H]1F. The van der Waals surface area contributed by atoms with Crippen molar-refractivity contribution >= 4 is 15.9 Å². The van der Waals surface area contributed by atoms with E-state index in [0.717, 1.165) is 4.57 Å². The molecule has 1 aliphatic heterocycles. The van der Waals surface area contributed by atoms with E-state index in [-0.39, 0.29) is 17.5 Å². The topological polar surface area (TPSA) is 73.3 Å². The lowest BCUT2D eigenvalue weighted by molar-refractivity contribution is -0.0383. The van der Waals surface area contributed by atoms with Gasteiger partial charge in [-0.25, -0.2) is 9.18 Å². The molecule has 19 heavy (non-hydrogen) atoms. The summed E-state index contributed by atoms with van der Waals surface area (Å²) in [5.74, 6) is 0. The lowest BCUT2D eigenvalue weighted by Gasteiger charge is -2.15. The summed E-state index contributed by atoms with van der Waals surface area (Å²) < 4.78 is 25.3. The van der Waals surface area contributed by atoms with Crippen LogP contribution in [0.4, 0.5) is 4.39 Å². The van der Waals surface area contributed by atoms with Crippen molar-refractivity contribution in [3.63, 3.8) is 0 Å². The lowest BCUT2D eigenvalue weighted by Crippen LogP contribution is -2.32. The maximum atomic E-state index is 13.7. The summed E-state index contributed by atoms with van der Waals surface area (Å²) in [5, 5.41) is 0. The van der Waals surface area contributed by atoms with Crippen molar-refractivity contribution in [2.45, 2.75) is 24.9 Å². The number of aromatic nitrogens is 2. The number of aromatic amines is 1. The average molecular weight is 335 g/mol. The fraction of sp³-hybridized carbons (Fsp3) is 0.455. The maximum absolute atomic E-state index is 13.7. The molecule has 1 saturated heterocycles. The summed E-state index contributed by atoms with van der Waals surface area (Å²) in [6, 6.07) is 0. The number of hydrogen-bond donors (Lipinski definition) is 1. The molecule has 1 N–H and O–H groups in total. The van der Waals surface area contributed by atoms with Crippen molar-refractivity contribution < 1.29 is 13.9 Å². The zero-order valence-corrected chi connectivity index (χ0v) is 11.4. The standard InChI is InChI=1S/C11H12BrFN2O4/c1-2-18-5-8-7(13)3-9(19-8)15-4-6(12)10(16)14-11(15)17/h2,4,7-9H,1,3,5H2,(H,14,16,17)/t7-,8+,9+/m0/s1. The van der Waals surface area contributed by atoms with Gasteiger partial charge in [-0.15, -0.1) is 0 Å². The number of rotatable bonds is 4. The number of H-pyrrole nitrogens is 1. The predicted molar refractivity (Wildman–Crippen MR) is 68.6 cm³/mol. The van der Waals surface area contributed by atoms with Crippen LogP contribution in [0.1, 0.15) is 12.6 Å². The van der Waals surface area contributed by atoms with Crippen molar-refractivity contribution in [3.8, 4) is 0 Å². The van der Waals surface area contributed by atoms with Crippen LogP contribution in [0.15, 0.2) is 33.1 Å². The van der Waals surface area contributed by atoms with Gasteiger partial charge in [-0.3, -0.25) is 14.3 Å². The van der Waals surface area contributed by atoms with Crippen LogP contribution in [0.3, 0.4) is 0 Å². The molecule has 1 fully saturated rings. The first-order chi connectivity index (χ1) is 9.02. The second kappa shape index (κ2) is 5.70. The van der Waals surface area contributed by atoms with Crippen LogP contribution in [-0.4, -0.2) is 28.4 Å². The highest BCUT2D eigenvalue weighted by molar-refractivity contribution is 9.10. The Hall–Kier alpha value is -1.41. The average Bonchev–Trinajstić information content (AvgIpc) is 2.72. The summed E-state index contributed by atoms with van der Waals surface area (Å²) in [5.41, 5.74) is -1.18. The van der Waals surface area contributed by atoms with Gasteiger partial charge in [0, 0.05) is 12.6 Å². The number of nitrogens with zero attached hydrogens (tertiary/aromatic N) is 1. The molecule has 104 valence electrons. The van der Waals surface area contributed by atoms with Gasteiger partial charge in [-0.05, 0) is 15.9 Å². The third kappa shape index (κ3) is 2.95. The van der Waals surface area contributed by atoms with E-state index >= 15 is 0 Å². The van der Waals surface area contributed by atoms with Gasteiger partial charge in [0.05, 0.1) is 10.7 Å². The molecule has 6 nitrogen and oxygen atoms in total. The molecule has 0 spiro atoms. The van der Waals surface area contributed by atoms with Crippen LogP contribution < -0.4 is 11.2 Å². The van der Waals surface area contributed by atoms with Crippen LogP contribution >= 0.6 is 15.9 Å². The first kappa shape index (κ1) is 14.0. The number of hydrogen-bond acceptors (Lipinski definition) is 4. The lowest BCUT2D eigenvalue weighted by atomic mass is 10.2. The van der Waals surface area contributed by atoms with Crippen molar-refractivity contribution in [1.29, 1.82) is 0 Å². The Kier molecular flexibility index (Phi) is 4.20. The normalized spacial score (nSPS) is 26.3. The molecule has 1 aliphatic rings.